The van der Waals surface area contributed by atoms with Crippen molar-refractivity contribution in [1.82, 2.24) is 14.9 Å². The van der Waals surface area contributed by atoms with E-state index >= 15 is 0 Å². The van der Waals surface area contributed by atoms with E-state index in [1.54, 1.807) is 0 Å². The van der Waals surface area contributed by atoms with Crippen LogP contribution < -0.4 is 21.1 Å². The van der Waals surface area contributed by atoms with Gasteiger partial charge in [0.25, 0.3) is 0 Å². The van der Waals surface area contributed by atoms with Gasteiger partial charge in [0.2, 0.25) is 12.5 Å². The summed E-state index contributed by atoms with van der Waals surface area (Å²) >= 11 is 0. The molecule has 1 aromatic heterocycles. The van der Waals surface area contributed by atoms with Crippen LogP contribution in [0.1, 0.15) is 57.7 Å². The number of hydrogen-bond acceptors (Lipinski definition) is 7. The molecule has 2 aliphatic rings. The molecule has 9 nitrogen and oxygen atoms in total. The average Bonchev–Trinajstić information content (AvgIpc) is 3.02. The van der Waals surface area contributed by atoms with Gasteiger partial charge in [0.15, 0.2) is 0 Å². The van der Waals surface area contributed by atoms with Gasteiger partial charge in [0, 0.05) is 35.6 Å². The number of likely N-dealkylation sites (tertiary alicyclic amines) is 1. The molecule has 0 saturated carbocycles. The van der Waals surface area contributed by atoms with Crippen molar-refractivity contribution in [3.8, 4) is 6.01 Å². The molecule has 226 valence electrons. The number of piperidine rings is 1. The molecule has 2 aromatic carbocycles. The van der Waals surface area contributed by atoms with Gasteiger partial charge < -0.3 is 30.8 Å². The number of nitrogens with two attached hydrogens (primary N) is 2. The van der Waals surface area contributed by atoms with E-state index in [1.807, 2.05) is 20.8 Å². The summed E-state index contributed by atoms with van der Waals surface area (Å²) in [6, 6.07) is 15.8. The third kappa shape index (κ3) is 10.0. The number of benzene rings is 2. The van der Waals surface area contributed by atoms with Gasteiger partial charge in [-0.2, -0.15) is 9.97 Å². The first-order valence-corrected chi connectivity index (χ1v) is 14.8. The zero-order valence-electron chi connectivity index (χ0n) is 25.7. The number of carbonyl (C=O) groups excluding carboxylic acids is 1. The van der Waals surface area contributed by atoms with Crippen LogP contribution in [0.5, 0.6) is 6.01 Å². The summed E-state index contributed by atoms with van der Waals surface area (Å²) in [6.07, 6.45) is 6.57. The maximum atomic E-state index is 9.47. The van der Waals surface area contributed by atoms with Crippen molar-refractivity contribution >= 4 is 28.2 Å². The molecule has 2 aliphatic heterocycles. The van der Waals surface area contributed by atoms with Gasteiger partial charge >= 0.3 is 6.01 Å². The van der Waals surface area contributed by atoms with Crippen molar-refractivity contribution in [3.05, 3.63) is 77.8 Å². The summed E-state index contributed by atoms with van der Waals surface area (Å²) in [4.78, 5) is 26.5. The molecule has 0 spiro atoms. The summed E-state index contributed by atoms with van der Waals surface area (Å²) < 4.78 is 6.01. The average molecular weight is 574 g/mol. The third-order valence-corrected chi connectivity index (χ3v) is 7.05. The molecule has 1 atom stereocenters. The number of likely N-dealkylation sites (N-methyl/N-ethyl adjacent to an activating group) is 1. The van der Waals surface area contributed by atoms with E-state index in [1.165, 1.54) is 29.3 Å². The summed E-state index contributed by atoms with van der Waals surface area (Å²) in [7, 11) is 2.16. The van der Waals surface area contributed by atoms with E-state index in [9.17, 15) is 4.79 Å². The van der Waals surface area contributed by atoms with Crippen molar-refractivity contribution in [2.75, 3.05) is 43.9 Å². The number of fused-ring (bicyclic) bond motifs is 2. The Morgan fingerprint density at radius 1 is 1.17 bits per heavy atom. The second-order valence-corrected chi connectivity index (χ2v) is 9.92. The highest BCUT2D eigenvalue weighted by atomic mass is 16.5. The highest BCUT2D eigenvalue weighted by Crippen LogP contribution is 2.32. The molecule has 3 heterocycles. The van der Waals surface area contributed by atoms with Crippen molar-refractivity contribution in [2.45, 2.75) is 65.5 Å². The first-order valence-electron chi connectivity index (χ1n) is 14.8. The fraction of sp³-hybridized carbons (Fsp3) is 0.455. The predicted molar refractivity (Wildman–Crippen MR) is 173 cm³/mol. The molecule has 0 bridgehead atoms. The second kappa shape index (κ2) is 18.3. The number of nitrogens with zero attached hydrogens (tertiary/aromatic N) is 5. The number of ether oxygens (including phenoxy) is 1. The largest absolute Gasteiger partial charge is 0.462 e. The molecule has 0 radical (unpaired) electrons. The molecule has 42 heavy (non-hydrogen) atoms. The topological polar surface area (TPSA) is 115 Å². The van der Waals surface area contributed by atoms with Crippen LogP contribution in [0, 0.1) is 6.57 Å². The molecule has 3 aromatic rings. The summed E-state index contributed by atoms with van der Waals surface area (Å²) in [5, 5.41) is 2.52. The number of carbonyl (C=O) groups is 1. The van der Waals surface area contributed by atoms with E-state index in [0.29, 0.717) is 31.0 Å². The van der Waals surface area contributed by atoms with Crippen LogP contribution in [0.3, 0.4) is 0 Å². The number of aromatic nitrogens is 2. The minimum absolute atomic E-state index is 0.407. The van der Waals surface area contributed by atoms with E-state index < -0.39 is 5.91 Å². The van der Waals surface area contributed by atoms with Crippen molar-refractivity contribution in [3.63, 3.8) is 0 Å². The maximum absolute atomic E-state index is 9.47. The monoisotopic (exact) mass is 573 g/mol. The Balaban J connectivity index is 0.000000441. The number of anilines is 2. The second-order valence-electron chi connectivity index (χ2n) is 9.92. The van der Waals surface area contributed by atoms with Gasteiger partial charge in [0.1, 0.15) is 12.4 Å². The third-order valence-electron chi connectivity index (χ3n) is 7.05. The van der Waals surface area contributed by atoms with Crippen LogP contribution in [-0.2, 0) is 17.8 Å². The molecule has 5 rings (SSSR count). The van der Waals surface area contributed by atoms with Crippen LogP contribution in [0.2, 0.25) is 0 Å². The lowest BCUT2D eigenvalue weighted by Crippen LogP contribution is -2.40. The molecule has 1 saturated heterocycles. The van der Waals surface area contributed by atoms with Crippen LogP contribution in [0.15, 0.2) is 55.1 Å². The Kier molecular flexibility index (Phi) is 14.8. The fourth-order valence-corrected chi connectivity index (χ4v) is 4.83. The van der Waals surface area contributed by atoms with Crippen LogP contribution in [-0.4, -0.2) is 60.1 Å². The lowest BCUT2D eigenvalue weighted by atomic mass is 10.0. The van der Waals surface area contributed by atoms with Crippen LogP contribution >= 0.6 is 0 Å². The molecular formula is C33H47N7O2. The number of hydrogen-bond donors (Lipinski definition) is 2. The van der Waals surface area contributed by atoms with Gasteiger partial charge in [-0.1, -0.05) is 70.2 Å². The quantitative estimate of drug-likeness (QED) is 0.290. The molecule has 1 fully saturated rings. The maximum Gasteiger partial charge on any atom is 0.318 e. The summed E-state index contributed by atoms with van der Waals surface area (Å²) in [5.41, 5.74) is 14.1. The Labute approximate surface area is 251 Å². The Hall–Kier alpha value is -4.16. The van der Waals surface area contributed by atoms with E-state index in [2.05, 4.69) is 81.5 Å². The van der Waals surface area contributed by atoms with Gasteiger partial charge in [-0.25, -0.2) is 6.57 Å². The Morgan fingerprint density at radius 2 is 1.88 bits per heavy atom. The number of amides is 1. The normalized spacial score (nSPS) is 15.7. The van der Waals surface area contributed by atoms with E-state index in [-0.39, 0.29) is 0 Å². The van der Waals surface area contributed by atoms with E-state index in [4.69, 9.17) is 22.0 Å². The fourth-order valence-electron chi connectivity index (χ4n) is 4.83. The smallest absolute Gasteiger partial charge is 0.318 e. The van der Waals surface area contributed by atoms with Gasteiger partial charge in [-0.05, 0) is 50.4 Å². The molecular weight excluding hydrogens is 526 g/mol. The van der Waals surface area contributed by atoms with Gasteiger partial charge in [-0.15, -0.1) is 0 Å². The molecule has 4 N–H and O–H groups in total. The number of primary amides is 1. The molecule has 0 aliphatic carbocycles. The molecule has 1 amide bonds. The lowest BCUT2D eigenvalue weighted by Gasteiger charge is -2.32. The van der Waals surface area contributed by atoms with Gasteiger partial charge in [0.05, 0.1) is 12.2 Å². The minimum Gasteiger partial charge on any atom is -0.462 e. The number of rotatable bonds is 6. The zero-order chi connectivity index (χ0) is 30.9. The first kappa shape index (κ1) is 34.0. The van der Waals surface area contributed by atoms with Gasteiger partial charge in [-0.3, -0.25) is 4.79 Å². The SMILES string of the molecule is C=CC(N)=O.CC.CN1CCCC[C@@H]1COc1nc(N)c2c(n1)CN(c1cccc3ccccc13)CC2.[C-]#[N+]CCC. The lowest BCUT2D eigenvalue weighted by molar-refractivity contribution is -0.113. The summed E-state index contributed by atoms with van der Waals surface area (Å²) in [5.74, 6) is 0.0783. The molecule has 0 unspecified atom stereocenters. The predicted octanol–water partition coefficient (Wildman–Crippen LogP) is 5.64. The Bertz CT molecular complexity index is 1320. The number of nitrogen functional groups attached to an aromatic ring is 1. The summed E-state index contributed by atoms with van der Waals surface area (Å²) in [6.45, 7) is 19.4. The standard InChI is InChI=1S/C24H29N5O.C4H7N.C3H5NO.C2H6/c1-28-13-5-4-9-18(28)16-30-24-26-21-15-29(14-12-20(21)23(25)27-24)22-11-6-8-17-7-2-3-10-19(17)22;1-3-4-5-2;1-2-3(4)5;1-2/h2-3,6-8,10-11,18H,4-5,9,12-16H2,1H3,(H2,25,26,27);3-4H2,1H3;2H,1H2,(H2,4,5);1-2H3/t18-;;;/m1.../s1. The van der Waals surface area contributed by atoms with Crippen LogP contribution in [0.4, 0.5) is 11.5 Å². The van der Waals surface area contributed by atoms with E-state index in [0.717, 1.165) is 56.2 Å². The van der Waals surface area contributed by atoms with Crippen molar-refractivity contribution in [1.29, 1.82) is 0 Å². The van der Waals surface area contributed by atoms with Crippen molar-refractivity contribution in [2.24, 2.45) is 5.73 Å². The highest BCUT2D eigenvalue weighted by Gasteiger charge is 2.24. The zero-order valence-corrected chi connectivity index (χ0v) is 25.7. The highest BCUT2D eigenvalue weighted by molar-refractivity contribution is 5.94. The molecule has 9 heteroatoms. The first-order chi connectivity index (χ1) is 20.4. The van der Waals surface area contributed by atoms with Crippen LogP contribution in [0.25, 0.3) is 15.6 Å². The Morgan fingerprint density at radius 3 is 2.52 bits per heavy atom. The van der Waals surface area contributed by atoms with Crippen molar-refractivity contribution < 1.29 is 9.53 Å². The minimum atomic E-state index is -0.481.